The van der Waals surface area contributed by atoms with Gasteiger partial charge in [-0.1, -0.05) is 6.07 Å². The molecule has 2 heterocycles. The van der Waals surface area contributed by atoms with Gasteiger partial charge in [0.05, 0.1) is 11.0 Å². The fourth-order valence-electron chi connectivity index (χ4n) is 5.99. The monoisotopic (exact) mass is 641 g/mol. The molecule has 10 nitrogen and oxygen atoms in total. The lowest BCUT2D eigenvalue weighted by molar-refractivity contribution is 0.222. The molecule has 5 rings (SSSR count). The molecule has 0 unspecified atom stereocenters. The zero-order valence-electron chi connectivity index (χ0n) is 25.9. The summed E-state index contributed by atoms with van der Waals surface area (Å²) in [7, 11) is -6.91. The van der Waals surface area contributed by atoms with Gasteiger partial charge in [-0.25, -0.2) is 13.0 Å². The van der Waals surface area contributed by atoms with E-state index in [4.69, 9.17) is 4.42 Å². The van der Waals surface area contributed by atoms with E-state index in [-0.39, 0.29) is 10.5 Å². The van der Waals surface area contributed by atoms with Crippen molar-refractivity contribution >= 4 is 36.8 Å². The first-order chi connectivity index (χ1) is 20.9. The van der Waals surface area contributed by atoms with Gasteiger partial charge in [-0.15, -0.1) is 0 Å². The van der Waals surface area contributed by atoms with Crippen LogP contribution in [-0.4, -0.2) is 90.0 Å². The number of benzene rings is 3. The highest BCUT2D eigenvalue weighted by Crippen LogP contribution is 2.43. The maximum atomic E-state index is 13.6. The average Bonchev–Trinajstić information content (AvgIpc) is 3.00. The van der Waals surface area contributed by atoms with Gasteiger partial charge >= 0.3 is 0 Å². The molecule has 2 aromatic rings. The smallest absolute Gasteiger partial charge is 0.295 e. The van der Waals surface area contributed by atoms with E-state index < -0.39 is 25.0 Å². The molecule has 0 atom stereocenters. The number of hydrogen-bond donors (Lipinski definition) is 1. The third kappa shape index (κ3) is 6.01. The molecule has 0 aromatic heterocycles. The Morgan fingerprint density at radius 2 is 1.50 bits per heavy atom. The van der Waals surface area contributed by atoms with Crippen LogP contribution >= 0.6 is 0 Å². The van der Waals surface area contributed by atoms with E-state index in [1.807, 2.05) is 48.3 Å². The summed E-state index contributed by atoms with van der Waals surface area (Å²) in [4.78, 5) is 3.57. The van der Waals surface area contributed by atoms with Gasteiger partial charge in [0.15, 0.2) is 0 Å². The normalized spacial score (nSPS) is 15.2. The summed E-state index contributed by atoms with van der Waals surface area (Å²) in [6, 6.07) is 15.6. The summed E-state index contributed by atoms with van der Waals surface area (Å²) in [5.74, 6) is 0.545. The average molecular weight is 642 g/mol. The van der Waals surface area contributed by atoms with Gasteiger partial charge < -0.3 is 14.2 Å². The number of sulfonamides is 1. The Bertz CT molecular complexity index is 1940. The highest BCUT2D eigenvalue weighted by Gasteiger charge is 2.31. The predicted molar refractivity (Wildman–Crippen MR) is 174 cm³/mol. The molecule has 0 radical (unpaired) electrons. The lowest BCUT2D eigenvalue weighted by atomic mass is 9.93. The molecule has 2 aromatic carbocycles. The van der Waals surface area contributed by atoms with Gasteiger partial charge in [0, 0.05) is 79.2 Å². The summed E-state index contributed by atoms with van der Waals surface area (Å²) < 4.78 is 73.5. The van der Waals surface area contributed by atoms with Crippen molar-refractivity contribution in [3.63, 3.8) is 0 Å². The minimum atomic E-state index is -4.84. The summed E-state index contributed by atoms with van der Waals surface area (Å²) in [6.45, 7) is 13.2. The van der Waals surface area contributed by atoms with Gasteiger partial charge in [0.25, 0.3) is 10.1 Å². The van der Waals surface area contributed by atoms with E-state index >= 15 is 0 Å². The Hall–Kier alpha value is -3.29. The summed E-state index contributed by atoms with van der Waals surface area (Å²) >= 11 is 0. The van der Waals surface area contributed by atoms with E-state index in [1.54, 1.807) is 0 Å². The Kier molecular flexibility index (Phi) is 9.20. The number of nitrogens with zero attached hydrogens (tertiary/aromatic N) is 4. The van der Waals surface area contributed by atoms with Crippen LogP contribution in [0, 0.1) is 0 Å². The predicted octanol–water partition coefficient (Wildman–Crippen LogP) is 4.05. The summed E-state index contributed by atoms with van der Waals surface area (Å²) in [5.41, 5.74) is 2.88. The van der Waals surface area contributed by atoms with Crippen molar-refractivity contribution in [3.8, 4) is 22.5 Å². The first kappa shape index (κ1) is 32.1. The molecular weight excluding hydrogens is 601 g/mol. The van der Waals surface area contributed by atoms with E-state index in [0.29, 0.717) is 54.0 Å². The molecule has 2 aliphatic heterocycles. The van der Waals surface area contributed by atoms with Crippen molar-refractivity contribution in [1.29, 1.82) is 0 Å². The lowest BCUT2D eigenvalue weighted by Crippen LogP contribution is -2.47. The zero-order valence-corrected chi connectivity index (χ0v) is 27.6. The Morgan fingerprint density at radius 1 is 0.841 bits per heavy atom. The molecule has 0 bridgehead atoms. The van der Waals surface area contributed by atoms with Gasteiger partial charge in [0.1, 0.15) is 29.3 Å². The second-order valence-electron chi connectivity index (χ2n) is 11.0. The molecule has 0 spiro atoms. The van der Waals surface area contributed by atoms with Crippen molar-refractivity contribution in [2.45, 2.75) is 37.5 Å². The largest absolute Gasteiger partial charge is 0.456 e. The van der Waals surface area contributed by atoms with Crippen LogP contribution in [0.25, 0.3) is 33.4 Å². The molecule has 12 heteroatoms. The van der Waals surface area contributed by atoms with Crippen LogP contribution in [0.2, 0.25) is 0 Å². The molecule has 1 N–H and O–H groups in total. The lowest BCUT2D eigenvalue weighted by Gasteiger charge is -2.31. The molecule has 44 heavy (non-hydrogen) atoms. The Balaban J connectivity index is 1.81. The molecular formula is C32H41N4O6S2+. The number of likely N-dealkylation sites (N-methyl/N-ethyl adjacent to an activating group) is 1. The second kappa shape index (κ2) is 12.6. The number of rotatable bonds is 9. The molecule has 236 valence electrons. The molecule has 0 amide bonds. The van der Waals surface area contributed by atoms with Crippen molar-refractivity contribution in [1.82, 2.24) is 13.8 Å². The third-order valence-electron chi connectivity index (χ3n) is 8.55. The molecule has 1 aliphatic carbocycles. The molecule has 3 aliphatic rings. The van der Waals surface area contributed by atoms with Crippen LogP contribution < -0.4 is 14.8 Å². The first-order valence-corrected chi connectivity index (χ1v) is 17.9. The molecule has 0 saturated carbocycles. The quantitative estimate of drug-likeness (QED) is 0.166. The van der Waals surface area contributed by atoms with E-state index in [2.05, 4.69) is 37.2 Å². The Labute approximate surface area is 260 Å². The number of piperazine rings is 1. The summed E-state index contributed by atoms with van der Waals surface area (Å²) in [6.07, 6.45) is 0. The van der Waals surface area contributed by atoms with Crippen LogP contribution in [0.5, 0.6) is 0 Å². The second-order valence-corrected chi connectivity index (χ2v) is 14.4. The minimum absolute atomic E-state index is 0.180. The first-order valence-electron chi connectivity index (χ1n) is 15.1. The van der Waals surface area contributed by atoms with Crippen LogP contribution in [-0.2, 0) is 20.1 Å². The van der Waals surface area contributed by atoms with Crippen LogP contribution in [0.4, 0.5) is 5.69 Å². The van der Waals surface area contributed by atoms with Crippen molar-refractivity contribution in [2.24, 2.45) is 0 Å². The van der Waals surface area contributed by atoms with Crippen LogP contribution in [0.3, 0.4) is 0 Å². The van der Waals surface area contributed by atoms with E-state index in [1.165, 1.54) is 16.4 Å². The van der Waals surface area contributed by atoms with E-state index in [9.17, 15) is 21.4 Å². The summed E-state index contributed by atoms with van der Waals surface area (Å²) in [5, 5.41) is 1.60. The fraction of sp³-hybridized carbons (Fsp3) is 0.406. The Morgan fingerprint density at radius 3 is 2.11 bits per heavy atom. The highest BCUT2D eigenvalue weighted by atomic mass is 32.2. The maximum Gasteiger partial charge on any atom is 0.295 e. The standard InChI is InChI=1S/C32H40N4O6S2/c1-6-34(7-2)23-10-13-26-29(20-23)42-30-21-24(35(8-3)9-4)11-14-27(30)32(26)28-15-12-25(22-31(28)44(39,40)41)43(37,38)36-18-16-33(5)17-19-36/h10-15,20-22H,6-9,16-19H2,1-5H3/p+1. The zero-order chi connectivity index (χ0) is 31.8. The van der Waals surface area contributed by atoms with Gasteiger partial charge in [-0.05, 0) is 65.1 Å². The van der Waals surface area contributed by atoms with Crippen molar-refractivity contribution < 1.29 is 25.8 Å². The highest BCUT2D eigenvalue weighted by molar-refractivity contribution is 7.89. The van der Waals surface area contributed by atoms with Gasteiger partial charge in [-0.3, -0.25) is 4.55 Å². The van der Waals surface area contributed by atoms with Crippen LogP contribution in [0.1, 0.15) is 27.7 Å². The van der Waals surface area contributed by atoms with E-state index in [0.717, 1.165) is 43.3 Å². The van der Waals surface area contributed by atoms with Crippen molar-refractivity contribution in [3.05, 3.63) is 60.0 Å². The van der Waals surface area contributed by atoms with Gasteiger partial charge in [-0.2, -0.15) is 12.7 Å². The number of fused-ring (bicyclic) bond motifs is 2. The topological polar surface area (TPSA) is 114 Å². The third-order valence-corrected chi connectivity index (χ3v) is 11.3. The minimum Gasteiger partial charge on any atom is -0.456 e. The fourth-order valence-corrected chi connectivity index (χ4v) is 8.24. The van der Waals surface area contributed by atoms with Crippen LogP contribution in [0.15, 0.2) is 68.8 Å². The number of anilines is 1. The van der Waals surface area contributed by atoms with Gasteiger partial charge in [0.2, 0.25) is 15.4 Å². The molecule has 1 saturated heterocycles. The van der Waals surface area contributed by atoms with Crippen molar-refractivity contribution in [2.75, 3.05) is 64.3 Å². The maximum absolute atomic E-state index is 13.6. The SMILES string of the molecule is CCN(CC)c1ccc2c(-c3ccc(S(=O)(=O)N4CCN(C)CC4)cc3S(=O)(=O)O)c3ccc(=[N+](CC)CC)cc-3oc2c1. The molecule has 1 fully saturated rings. The number of hydrogen-bond acceptors (Lipinski definition) is 7.